The maximum Gasteiger partial charge on any atom is 0.325 e. The standard InChI is InChI=1S/C24H25F2N5O2S/c1-2-11-31(24(33)28-18-8-4-6-16(26)13-18)19-9-10-20-21(14-19)34-23(29-20)30-22(32)27-17-7-3-5-15(25)12-17/h3-8,12-13,19H,2,9-11,14H2,1H3,(H,28,33)(H2,27,29,30,32). The second-order valence-corrected chi connectivity index (χ2v) is 9.09. The molecule has 1 atom stereocenters. The molecule has 1 heterocycles. The zero-order valence-electron chi connectivity index (χ0n) is 18.6. The molecule has 0 fully saturated rings. The Balaban J connectivity index is 1.40. The highest BCUT2D eigenvalue weighted by atomic mass is 32.1. The number of nitrogens with zero attached hydrogens (tertiary/aromatic N) is 2. The summed E-state index contributed by atoms with van der Waals surface area (Å²) in [5.41, 5.74) is 1.67. The molecule has 34 heavy (non-hydrogen) atoms. The van der Waals surface area contributed by atoms with Crippen molar-refractivity contribution < 1.29 is 18.4 Å². The minimum absolute atomic E-state index is 0.0320. The van der Waals surface area contributed by atoms with E-state index in [1.807, 2.05) is 6.92 Å². The van der Waals surface area contributed by atoms with E-state index >= 15 is 0 Å². The third-order valence-corrected chi connectivity index (χ3v) is 6.49. The van der Waals surface area contributed by atoms with Gasteiger partial charge in [-0.1, -0.05) is 19.1 Å². The first-order chi connectivity index (χ1) is 16.4. The van der Waals surface area contributed by atoms with Crippen LogP contribution in [-0.4, -0.2) is 34.5 Å². The van der Waals surface area contributed by atoms with Gasteiger partial charge in [-0.2, -0.15) is 0 Å². The second kappa shape index (κ2) is 10.6. The van der Waals surface area contributed by atoms with Crippen molar-refractivity contribution in [2.75, 3.05) is 22.5 Å². The Bertz CT molecular complexity index is 1190. The highest BCUT2D eigenvalue weighted by Crippen LogP contribution is 2.32. The monoisotopic (exact) mass is 485 g/mol. The lowest BCUT2D eigenvalue weighted by atomic mass is 9.96. The number of nitrogens with one attached hydrogen (secondary N) is 3. The van der Waals surface area contributed by atoms with E-state index in [0.29, 0.717) is 35.9 Å². The van der Waals surface area contributed by atoms with E-state index in [4.69, 9.17) is 0 Å². The minimum Gasteiger partial charge on any atom is -0.321 e. The van der Waals surface area contributed by atoms with E-state index in [-0.39, 0.29) is 12.1 Å². The van der Waals surface area contributed by atoms with Crippen LogP contribution in [0.25, 0.3) is 0 Å². The molecule has 3 aromatic rings. The first kappa shape index (κ1) is 23.6. The number of aryl methyl sites for hydroxylation is 1. The predicted molar refractivity (Wildman–Crippen MR) is 129 cm³/mol. The number of fused-ring (bicyclic) bond motifs is 1. The van der Waals surface area contributed by atoms with Gasteiger partial charge in [0, 0.05) is 35.3 Å². The zero-order chi connectivity index (χ0) is 24.1. The molecule has 1 aliphatic rings. The lowest BCUT2D eigenvalue weighted by molar-refractivity contribution is 0.180. The van der Waals surface area contributed by atoms with Gasteiger partial charge in [0.25, 0.3) is 0 Å². The zero-order valence-corrected chi connectivity index (χ0v) is 19.4. The van der Waals surface area contributed by atoms with Crippen molar-refractivity contribution >= 4 is 39.9 Å². The third-order valence-electron chi connectivity index (χ3n) is 5.46. The SMILES string of the molecule is CCCN(C(=O)Nc1cccc(F)c1)C1CCc2nc(NC(=O)Nc3cccc(F)c3)sc2C1. The highest BCUT2D eigenvalue weighted by molar-refractivity contribution is 7.15. The Morgan fingerprint density at radius 1 is 1.06 bits per heavy atom. The quantitative estimate of drug-likeness (QED) is 0.408. The summed E-state index contributed by atoms with van der Waals surface area (Å²) in [4.78, 5) is 32.6. The molecule has 0 bridgehead atoms. The molecule has 10 heteroatoms. The van der Waals surface area contributed by atoms with Gasteiger partial charge in [0.05, 0.1) is 5.69 Å². The number of urea groups is 2. The van der Waals surface area contributed by atoms with Gasteiger partial charge in [0.2, 0.25) is 0 Å². The summed E-state index contributed by atoms with van der Waals surface area (Å²) in [6.45, 7) is 2.57. The summed E-state index contributed by atoms with van der Waals surface area (Å²) in [6.07, 6.45) is 2.83. The van der Waals surface area contributed by atoms with Crippen LogP contribution in [0.3, 0.4) is 0 Å². The van der Waals surface area contributed by atoms with E-state index in [2.05, 4.69) is 20.9 Å². The Labute approximate surface area is 200 Å². The molecular weight excluding hydrogens is 460 g/mol. The molecule has 1 unspecified atom stereocenters. The smallest absolute Gasteiger partial charge is 0.321 e. The fourth-order valence-corrected chi connectivity index (χ4v) is 5.03. The van der Waals surface area contributed by atoms with Gasteiger partial charge < -0.3 is 15.5 Å². The van der Waals surface area contributed by atoms with E-state index in [9.17, 15) is 18.4 Å². The Kier molecular flexibility index (Phi) is 7.36. The average Bonchev–Trinajstić information content (AvgIpc) is 3.18. The number of anilines is 3. The van der Waals surface area contributed by atoms with Crippen LogP contribution >= 0.6 is 11.3 Å². The van der Waals surface area contributed by atoms with Crippen molar-refractivity contribution in [3.63, 3.8) is 0 Å². The number of rotatable bonds is 6. The first-order valence-electron chi connectivity index (χ1n) is 11.1. The van der Waals surface area contributed by atoms with Crippen molar-refractivity contribution in [3.8, 4) is 0 Å². The minimum atomic E-state index is -0.504. The maximum absolute atomic E-state index is 13.5. The van der Waals surface area contributed by atoms with Gasteiger partial charge >= 0.3 is 12.1 Å². The van der Waals surface area contributed by atoms with Crippen molar-refractivity contribution in [1.82, 2.24) is 9.88 Å². The van der Waals surface area contributed by atoms with Gasteiger partial charge in [-0.05, 0) is 55.7 Å². The van der Waals surface area contributed by atoms with Crippen LogP contribution in [0.15, 0.2) is 48.5 Å². The van der Waals surface area contributed by atoms with Crippen molar-refractivity contribution in [2.45, 2.75) is 38.6 Å². The summed E-state index contributed by atoms with van der Waals surface area (Å²) in [5, 5.41) is 8.53. The van der Waals surface area contributed by atoms with Crippen LogP contribution in [0.4, 0.5) is 34.9 Å². The number of halogens is 2. The van der Waals surface area contributed by atoms with E-state index in [1.54, 1.807) is 23.1 Å². The number of carbonyl (C=O) groups is 2. The molecule has 1 aliphatic carbocycles. The molecule has 7 nitrogen and oxygen atoms in total. The van der Waals surface area contributed by atoms with Gasteiger partial charge in [-0.15, -0.1) is 11.3 Å². The number of benzene rings is 2. The number of thiazole rings is 1. The van der Waals surface area contributed by atoms with Gasteiger partial charge in [-0.25, -0.2) is 23.4 Å². The first-order valence-corrected chi connectivity index (χ1v) is 11.9. The number of hydrogen-bond donors (Lipinski definition) is 3. The van der Waals surface area contributed by atoms with Crippen LogP contribution in [0.5, 0.6) is 0 Å². The molecule has 0 saturated carbocycles. The average molecular weight is 486 g/mol. The summed E-state index contributed by atoms with van der Waals surface area (Å²) in [6, 6.07) is 10.7. The number of amides is 4. The van der Waals surface area contributed by atoms with Gasteiger partial charge in [0.1, 0.15) is 11.6 Å². The predicted octanol–water partition coefficient (Wildman–Crippen LogP) is 5.87. The molecule has 0 spiro atoms. The maximum atomic E-state index is 13.5. The Hall–Kier alpha value is -3.53. The summed E-state index contributed by atoms with van der Waals surface area (Å²) >= 11 is 1.37. The largest absolute Gasteiger partial charge is 0.325 e. The van der Waals surface area contributed by atoms with Gasteiger partial charge in [-0.3, -0.25) is 5.32 Å². The van der Waals surface area contributed by atoms with Crippen molar-refractivity contribution in [3.05, 3.63) is 70.7 Å². The molecular formula is C24H25F2N5O2S. The summed E-state index contributed by atoms with van der Waals surface area (Å²) < 4.78 is 26.8. The van der Waals surface area contributed by atoms with Crippen molar-refractivity contribution in [2.24, 2.45) is 0 Å². The van der Waals surface area contributed by atoms with E-state index < -0.39 is 17.7 Å². The summed E-state index contributed by atoms with van der Waals surface area (Å²) in [5.74, 6) is -0.847. The molecule has 0 saturated heterocycles. The number of aromatic nitrogens is 1. The number of hydrogen-bond acceptors (Lipinski definition) is 4. The Morgan fingerprint density at radius 2 is 1.74 bits per heavy atom. The highest BCUT2D eigenvalue weighted by Gasteiger charge is 2.30. The van der Waals surface area contributed by atoms with Gasteiger partial charge in [0.15, 0.2) is 5.13 Å². The molecule has 4 amide bonds. The van der Waals surface area contributed by atoms with E-state index in [0.717, 1.165) is 23.4 Å². The van der Waals surface area contributed by atoms with Crippen LogP contribution in [0.2, 0.25) is 0 Å². The normalized spacial score (nSPS) is 14.7. The van der Waals surface area contributed by atoms with Crippen molar-refractivity contribution in [1.29, 1.82) is 0 Å². The lowest BCUT2D eigenvalue weighted by Crippen LogP contribution is -2.45. The molecule has 4 rings (SSSR count). The molecule has 0 radical (unpaired) electrons. The second-order valence-electron chi connectivity index (χ2n) is 8.01. The topological polar surface area (TPSA) is 86.4 Å². The molecule has 178 valence electrons. The van der Waals surface area contributed by atoms with Crippen LogP contribution in [-0.2, 0) is 12.8 Å². The summed E-state index contributed by atoms with van der Waals surface area (Å²) in [7, 11) is 0. The molecule has 1 aromatic heterocycles. The fraction of sp³-hybridized carbons (Fsp3) is 0.292. The number of carbonyl (C=O) groups excluding carboxylic acids is 2. The molecule has 0 aliphatic heterocycles. The Morgan fingerprint density at radius 3 is 2.38 bits per heavy atom. The fourth-order valence-electron chi connectivity index (χ4n) is 3.96. The molecule has 2 aromatic carbocycles. The lowest BCUT2D eigenvalue weighted by Gasteiger charge is -2.33. The van der Waals surface area contributed by atoms with E-state index in [1.165, 1.54) is 41.7 Å². The third kappa shape index (κ3) is 5.88. The van der Waals surface area contributed by atoms with Crippen LogP contribution in [0, 0.1) is 11.6 Å². The van der Waals surface area contributed by atoms with Crippen LogP contribution in [0.1, 0.15) is 30.3 Å². The molecule has 3 N–H and O–H groups in total. The van der Waals surface area contributed by atoms with Crippen LogP contribution < -0.4 is 16.0 Å².